The van der Waals surface area contributed by atoms with Gasteiger partial charge in [-0.25, -0.2) is 4.98 Å². The average molecular weight is 393 g/mol. The van der Waals surface area contributed by atoms with Crippen molar-refractivity contribution < 1.29 is 5.11 Å². The topological polar surface area (TPSA) is 71.2 Å². The van der Waals surface area contributed by atoms with Crippen molar-refractivity contribution in [1.29, 1.82) is 0 Å². The van der Waals surface area contributed by atoms with Crippen LogP contribution < -0.4 is 10.5 Å². The molecule has 2 aliphatic rings. The van der Waals surface area contributed by atoms with Crippen molar-refractivity contribution in [3.05, 3.63) is 65.3 Å². The summed E-state index contributed by atoms with van der Waals surface area (Å²) in [5, 5.41) is 10.7. The van der Waals surface area contributed by atoms with E-state index in [9.17, 15) is 9.90 Å². The summed E-state index contributed by atoms with van der Waals surface area (Å²) in [6.45, 7) is 8.36. The number of anilines is 1. The van der Waals surface area contributed by atoms with Gasteiger partial charge in [0.05, 0.1) is 11.3 Å². The van der Waals surface area contributed by atoms with Gasteiger partial charge in [0.2, 0.25) is 5.95 Å². The monoisotopic (exact) mass is 392 g/mol. The molecule has 1 aliphatic carbocycles. The molecule has 3 heterocycles. The minimum absolute atomic E-state index is 0.0288. The van der Waals surface area contributed by atoms with Crippen LogP contribution in [0.1, 0.15) is 27.2 Å². The molecule has 2 aromatic rings. The maximum Gasteiger partial charge on any atom is 0.255 e. The Bertz CT molecular complexity index is 1010. The molecule has 0 aromatic carbocycles. The third kappa shape index (κ3) is 4.03. The highest BCUT2D eigenvalue weighted by Crippen LogP contribution is 2.32. The Morgan fingerprint density at radius 1 is 1.17 bits per heavy atom. The molecular weight excluding hydrogens is 364 g/mol. The third-order valence-corrected chi connectivity index (χ3v) is 5.80. The maximum atomic E-state index is 12.9. The van der Waals surface area contributed by atoms with E-state index in [0.717, 1.165) is 18.5 Å². The van der Waals surface area contributed by atoms with E-state index >= 15 is 0 Å². The van der Waals surface area contributed by atoms with Gasteiger partial charge in [0.25, 0.3) is 5.56 Å². The van der Waals surface area contributed by atoms with Gasteiger partial charge < -0.3 is 10.0 Å². The van der Waals surface area contributed by atoms with E-state index in [4.69, 9.17) is 4.98 Å². The first kappa shape index (κ1) is 19.6. The minimum Gasteiger partial charge on any atom is -0.385 e. The summed E-state index contributed by atoms with van der Waals surface area (Å²) < 4.78 is 1.78. The number of aromatic nitrogens is 3. The zero-order valence-corrected chi connectivity index (χ0v) is 17.2. The minimum atomic E-state index is -0.855. The smallest absolute Gasteiger partial charge is 0.255 e. The molecule has 0 spiro atoms. The molecule has 0 radical (unpaired) electrons. The average Bonchev–Trinajstić information content (AvgIpc) is 2.67. The van der Waals surface area contributed by atoms with E-state index in [0.29, 0.717) is 24.7 Å². The second-order valence-corrected chi connectivity index (χ2v) is 9.05. The zero-order chi connectivity index (χ0) is 20.6. The van der Waals surface area contributed by atoms with Crippen molar-refractivity contribution in [1.82, 2.24) is 14.5 Å². The van der Waals surface area contributed by atoms with E-state index in [1.165, 1.54) is 0 Å². The van der Waals surface area contributed by atoms with Crippen molar-refractivity contribution in [2.75, 3.05) is 18.0 Å². The molecule has 6 nitrogen and oxygen atoms in total. The van der Waals surface area contributed by atoms with Crippen LogP contribution in [0.5, 0.6) is 0 Å². The van der Waals surface area contributed by atoms with Crippen molar-refractivity contribution in [2.24, 2.45) is 11.3 Å². The number of nitrogens with zero attached hydrogens (tertiary/aromatic N) is 4. The van der Waals surface area contributed by atoms with Gasteiger partial charge in [-0.05, 0) is 25.5 Å². The van der Waals surface area contributed by atoms with Gasteiger partial charge in [-0.3, -0.25) is 14.3 Å². The van der Waals surface area contributed by atoms with Crippen LogP contribution in [0.25, 0.3) is 11.3 Å². The van der Waals surface area contributed by atoms with Gasteiger partial charge in [0.1, 0.15) is 0 Å². The van der Waals surface area contributed by atoms with Crippen LogP contribution in [-0.2, 0) is 6.54 Å². The molecule has 1 N–H and O–H groups in total. The highest BCUT2D eigenvalue weighted by atomic mass is 16.3. The Morgan fingerprint density at radius 3 is 2.66 bits per heavy atom. The highest BCUT2D eigenvalue weighted by molar-refractivity contribution is 5.59. The maximum absolute atomic E-state index is 12.9. The number of aliphatic hydroxyl groups is 1. The van der Waals surface area contributed by atoms with Crippen LogP contribution in [0.15, 0.2) is 59.7 Å². The summed E-state index contributed by atoms with van der Waals surface area (Å²) in [5.74, 6) is 0.736. The second-order valence-electron chi connectivity index (χ2n) is 9.05. The quantitative estimate of drug-likeness (QED) is 0.866. The Hall–Kier alpha value is -2.73. The Balaban J connectivity index is 1.67. The lowest BCUT2D eigenvalue weighted by atomic mass is 9.83. The van der Waals surface area contributed by atoms with Crippen molar-refractivity contribution >= 4 is 5.95 Å². The van der Waals surface area contributed by atoms with Gasteiger partial charge in [0, 0.05) is 55.0 Å². The van der Waals surface area contributed by atoms with Gasteiger partial charge >= 0.3 is 0 Å². The van der Waals surface area contributed by atoms with E-state index in [1.54, 1.807) is 23.0 Å². The van der Waals surface area contributed by atoms with Crippen LogP contribution in [0.3, 0.4) is 0 Å². The van der Waals surface area contributed by atoms with Crippen molar-refractivity contribution in [3.8, 4) is 11.3 Å². The fourth-order valence-corrected chi connectivity index (χ4v) is 4.25. The number of allylic oxidation sites excluding steroid dienone is 2. The van der Waals surface area contributed by atoms with Gasteiger partial charge in [-0.2, -0.15) is 0 Å². The van der Waals surface area contributed by atoms with E-state index in [1.807, 2.05) is 37.3 Å². The molecule has 1 aliphatic heterocycles. The Labute approximate surface area is 171 Å². The first-order valence-electron chi connectivity index (χ1n) is 10.1. The van der Waals surface area contributed by atoms with Crippen LogP contribution in [0, 0.1) is 11.3 Å². The summed E-state index contributed by atoms with van der Waals surface area (Å²) in [4.78, 5) is 24.0. The fourth-order valence-electron chi connectivity index (χ4n) is 4.25. The lowest BCUT2D eigenvalue weighted by molar-refractivity contribution is 0.0622. The SMILES string of the molecule is CC1(C)CN(CCC2C=CC=CC2(C)O)c2nc(-c3ccncc3)cc(=O)n2C1. The second kappa shape index (κ2) is 7.26. The summed E-state index contributed by atoms with van der Waals surface area (Å²) in [6.07, 6.45) is 12.0. The lowest BCUT2D eigenvalue weighted by Gasteiger charge is -2.41. The molecule has 2 unspecified atom stereocenters. The predicted molar refractivity (Wildman–Crippen MR) is 115 cm³/mol. The molecule has 6 heteroatoms. The van der Waals surface area contributed by atoms with Gasteiger partial charge in [-0.15, -0.1) is 0 Å². The van der Waals surface area contributed by atoms with E-state index in [-0.39, 0.29) is 16.9 Å². The third-order valence-electron chi connectivity index (χ3n) is 5.80. The summed E-state index contributed by atoms with van der Waals surface area (Å²) in [5.41, 5.74) is 0.620. The lowest BCUT2D eigenvalue weighted by Crippen LogP contribution is -2.48. The molecular formula is C23H28N4O2. The largest absolute Gasteiger partial charge is 0.385 e. The normalized spacial score (nSPS) is 25.1. The van der Waals surface area contributed by atoms with E-state index in [2.05, 4.69) is 29.8 Å². The molecule has 0 bridgehead atoms. The van der Waals surface area contributed by atoms with Gasteiger partial charge in [-0.1, -0.05) is 38.2 Å². The standard InChI is InChI=1S/C23H28N4O2/c1-22(2)15-26(13-9-18-6-4-5-10-23(18,3)29)21-25-19(14-20(28)27(21)16-22)17-7-11-24-12-8-17/h4-8,10-12,14,18,29H,9,13,15-16H2,1-3H3. The molecule has 0 amide bonds. The molecule has 2 aromatic heterocycles. The number of fused-ring (bicyclic) bond motifs is 1. The van der Waals surface area contributed by atoms with Gasteiger partial charge in [0.15, 0.2) is 0 Å². The highest BCUT2D eigenvalue weighted by Gasteiger charge is 2.34. The first-order valence-corrected chi connectivity index (χ1v) is 10.1. The molecule has 0 saturated carbocycles. The molecule has 0 fully saturated rings. The van der Waals surface area contributed by atoms with E-state index < -0.39 is 5.60 Å². The zero-order valence-electron chi connectivity index (χ0n) is 17.2. The van der Waals surface area contributed by atoms with Crippen molar-refractivity contribution in [2.45, 2.75) is 39.3 Å². The van der Waals surface area contributed by atoms with Crippen LogP contribution in [0.2, 0.25) is 0 Å². The number of hydrogen-bond acceptors (Lipinski definition) is 5. The fraction of sp³-hybridized carbons (Fsp3) is 0.435. The predicted octanol–water partition coefficient (Wildman–Crippen LogP) is 3.03. The molecule has 2 atom stereocenters. The van der Waals surface area contributed by atoms with Crippen molar-refractivity contribution in [3.63, 3.8) is 0 Å². The molecule has 29 heavy (non-hydrogen) atoms. The number of pyridine rings is 1. The molecule has 152 valence electrons. The van der Waals surface area contributed by atoms with Crippen LogP contribution in [-0.4, -0.2) is 38.3 Å². The molecule has 0 saturated heterocycles. The Morgan fingerprint density at radius 2 is 1.93 bits per heavy atom. The van der Waals surface area contributed by atoms with Crippen LogP contribution >= 0.6 is 0 Å². The number of hydrogen-bond donors (Lipinski definition) is 1. The summed E-state index contributed by atoms with van der Waals surface area (Å²) >= 11 is 0. The van der Waals surface area contributed by atoms with Crippen LogP contribution in [0.4, 0.5) is 5.95 Å². The Kier molecular flexibility index (Phi) is 4.90. The molecule has 4 rings (SSSR count). The first-order chi connectivity index (χ1) is 13.8. The summed E-state index contributed by atoms with van der Waals surface area (Å²) in [7, 11) is 0. The summed E-state index contributed by atoms with van der Waals surface area (Å²) in [6, 6.07) is 5.34. The number of rotatable bonds is 4.